The highest BCUT2D eigenvalue weighted by atomic mass is 16.5. The predicted molar refractivity (Wildman–Crippen MR) is 79.4 cm³/mol. The number of nitrogens with one attached hydrogen (secondary N) is 1. The van der Waals surface area contributed by atoms with E-state index in [1.165, 1.54) is 11.1 Å². The van der Waals surface area contributed by atoms with Crippen molar-refractivity contribution < 1.29 is 4.74 Å². The van der Waals surface area contributed by atoms with Crippen molar-refractivity contribution in [2.24, 2.45) is 0 Å². The Morgan fingerprint density at radius 1 is 0.789 bits per heavy atom. The van der Waals surface area contributed by atoms with Gasteiger partial charge in [-0.25, -0.2) is 0 Å². The first-order valence-corrected chi connectivity index (χ1v) is 6.65. The van der Waals surface area contributed by atoms with E-state index in [2.05, 4.69) is 55.6 Å². The molecule has 2 rings (SSSR count). The van der Waals surface area contributed by atoms with Gasteiger partial charge >= 0.3 is 0 Å². The van der Waals surface area contributed by atoms with Gasteiger partial charge in [0.15, 0.2) is 0 Å². The Morgan fingerprint density at radius 2 is 1.32 bits per heavy atom. The van der Waals surface area contributed by atoms with Gasteiger partial charge in [0.2, 0.25) is 0 Å². The molecular weight excluding hydrogens is 234 g/mol. The standard InChI is InChI=1S/C17H21NO/c1-13(15-7-5-4-6-8-15)18-14(2)16-9-11-17(19-3)12-10-16/h4-14,18H,1-3H3/t13-,14-/m0/s1. The van der Waals surface area contributed by atoms with Crippen LogP contribution in [0.15, 0.2) is 54.6 Å². The number of hydrogen-bond donors (Lipinski definition) is 1. The lowest BCUT2D eigenvalue weighted by Crippen LogP contribution is -2.22. The number of hydrogen-bond acceptors (Lipinski definition) is 2. The third-order valence-corrected chi connectivity index (χ3v) is 3.42. The van der Waals surface area contributed by atoms with Crippen molar-refractivity contribution in [2.45, 2.75) is 25.9 Å². The normalized spacial score (nSPS) is 13.8. The van der Waals surface area contributed by atoms with Crippen molar-refractivity contribution in [3.63, 3.8) is 0 Å². The fraction of sp³-hybridized carbons (Fsp3) is 0.294. The van der Waals surface area contributed by atoms with Gasteiger partial charge in [-0.3, -0.25) is 0 Å². The van der Waals surface area contributed by atoms with Crippen LogP contribution < -0.4 is 10.1 Å². The lowest BCUT2D eigenvalue weighted by atomic mass is 10.0. The fourth-order valence-corrected chi connectivity index (χ4v) is 2.20. The first kappa shape index (κ1) is 13.6. The van der Waals surface area contributed by atoms with Crippen molar-refractivity contribution in [2.75, 3.05) is 7.11 Å². The van der Waals surface area contributed by atoms with Crippen molar-refractivity contribution in [1.29, 1.82) is 0 Å². The zero-order chi connectivity index (χ0) is 13.7. The first-order chi connectivity index (χ1) is 9.20. The average molecular weight is 255 g/mol. The average Bonchev–Trinajstić information content (AvgIpc) is 2.48. The topological polar surface area (TPSA) is 21.3 Å². The van der Waals surface area contributed by atoms with Crippen molar-refractivity contribution in [1.82, 2.24) is 5.32 Å². The van der Waals surface area contributed by atoms with Crippen LogP contribution in [-0.2, 0) is 0 Å². The van der Waals surface area contributed by atoms with Crippen LogP contribution in [0.5, 0.6) is 5.75 Å². The zero-order valence-electron chi connectivity index (χ0n) is 11.8. The molecule has 0 saturated carbocycles. The van der Waals surface area contributed by atoms with Gasteiger partial charge in [0.25, 0.3) is 0 Å². The highest BCUT2D eigenvalue weighted by molar-refractivity contribution is 5.29. The highest BCUT2D eigenvalue weighted by Gasteiger charge is 2.10. The molecule has 0 saturated heterocycles. The molecule has 2 aromatic carbocycles. The van der Waals surface area contributed by atoms with Gasteiger partial charge in [-0.05, 0) is 37.1 Å². The third-order valence-electron chi connectivity index (χ3n) is 3.42. The van der Waals surface area contributed by atoms with Gasteiger partial charge in [0.1, 0.15) is 5.75 Å². The maximum Gasteiger partial charge on any atom is 0.118 e. The summed E-state index contributed by atoms with van der Waals surface area (Å²) in [6.45, 7) is 4.37. The molecule has 0 aliphatic carbocycles. The summed E-state index contributed by atoms with van der Waals surface area (Å²) in [4.78, 5) is 0. The van der Waals surface area contributed by atoms with Crippen molar-refractivity contribution in [3.05, 3.63) is 65.7 Å². The predicted octanol–water partition coefficient (Wildman–Crippen LogP) is 4.11. The second-order valence-corrected chi connectivity index (χ2v) is 4.79. The van der Waals surface area contributed by atoms with Crippen molar-refractivity contribution >= 4 is 0 Å². The van der Waals surface area contributed by atoms with E-state index < -0.39 is 0 Å². The van der Waals surface area contributed by atoms with Gasteiger partial charge in [-0.2, -0.15) is 0 Å². The molecule has 0 radical (unpaired) electrons. The molecule has 2 heteroatoms. The molecule has 100 valence electrons. The number of benzene rings is 2. The summed E-state index contributed by atoms with van der Waals surface area (Å²) in [5, 5.41) is 3.61. The molecule has 2 atom stereocenters. The minimum absolute atomic E-state index is 0.307. The molecule has 0 fully saturated rings. The van der Waals surface area contributed by atoms with Crippen LogP contribution >= 0.6 is 0 Å². The molecule has 0 aromatic heterocycles. The molecule has 0 bridgehead atoms. The van der Waals surface area contributed by atoms with E-state index >= 15 is 0 Å². The van der Waals surface area contributed by atoms with Crippen LogP contribution in [0.1, 0.15) is 37.1 Å². The van der Waals surface area contributed by atoms with Gasteiger partial charge < -0.3 is 10.1 Å². The van der Waals surface area contributed by atoms with Gasteiger partial charge in [0, 0.05) is 12.1 Å². The number of ether oxygens (including phenoxy) is 1. The quantitative estimate of drug-likeness (QED) is 0.868. The fourth-order valence-electron chi connectivity index (χ4n) is 2.20. The van der Waals surface area contributed by atoms with E-state index in [9.17, 15) is 0 Å². The molecule has 0 spiro atoms. The van der Waals surface area contributed by atoms with E-state index in [4.69, 9.17) is 4.74 Å². The largest absolute Gasteiger partial charge is 0.497 e. The van der Waals surface area contributed by atoms with Crippen molar-refractivity contribution in [3.8, 4) is 5.75 Å². The Kier molecular flexibility index (Phi) is 4.58. The summed E-state index contributed by atoms with van der Waals surface area (Å²) in [5.41, 5.74) is 2.58. The molecular formula is C17H21NO. The molecule has 1 N–H and O–H groups in total. The van der Waals surface area contributed by atoms with Gasteiger partial charge in [0.05, 0.1) is 7.11 Å². The molecule has 2 nitrogen and oxygen atoms in total. The lowest BCUT2D eigenvalue weighted by molar-refractivity contribution is 0.414. The second kappa shape index (κ2) is 6.39. The summed E-state index contributed by atoms with van der Waals surface area (Å²) in [5.74, 6) is 0.895. The molecule has 0 aliphatic rings. The summed E-state index contributed by atoms with van der Waals surface area (Å²) < 4.78 is 5.18. The Balaban J connectivity index is 2.02. The van der Waals surface area contributed by atoms with E-state index in [0.29, 0.717) is 12.1 Å². The molecule has 0 aliphatic heterocycles. The molecule has 19 heavy (non-hydrogen) atoms. The Labute approximate surface area is 115 Å². The maximum absolute atomic E-state index is 5.18. The third kappa shape index (κ3) is 3.58. The summed E-state index contributed by atoms with van der Waals surface area (Å²) >= 11 is 0. The second-order valence-electron chi connectivity index (χ2n) is 4.79. The minimum atomic E-state index is 0.307. The van der Waals surface area contributed by atoms with Crippen LogP contribution in [0.25, 0.3) is 0 Å². The van der Waals surface area contributed by atoms with E-state index in [-0.39, 0.29) is 0 Å². The minimum Gasteiger partial charge on any atom is -0.497 e. The zero-order valence-corrected chi connectivity index (χ0v) is 11.8. The Morgan fingerprint density at radius 3 is 1.84 bits per heavy atom. The highest BCUT2D eigenvalue weighted by Crippen LogP contribution is 2.21. The van der Waals surface area contributed by atoms with Crippen LogP contribution in [0, 0.1) is 0 Å². The van der Waals surface area contributed by atoms with E-state index in [0.717, 1.165) is 5.75 Å². The monoisotopic (exact) mass is 255 g/mol. The molecule has 0 unspecified atom stereocenters. The summed E-state index contributed by atoms with van der Waals surface area (Å²) in [7, 11) is 1.69. The smallest absolute Gasteiger partial charge is 0.118 e. The van der Waals surface area contributed by atoms with E-state index in [1.54, 1.807) is 7.11 Å². The van der Waals surface area contributed by atoms with Crippen LogP contribution in [-0.4, -0.2) is 7.11 Å². The van der Waals surface area contributed by atoms with Crippen LogP contribution in [0.4, 0.5) is 0 Å². The summed E-state index contributed by atoms with van der Waals surface area (Å²) in [6.07, 6.45) is 0. The Hall–Kier alpha value is -1.80. The molecule has 2 aromatic rings. The first-order valence-electron chi connectivity index (χ1n) is 6.65. The van der Waals surface area contributed by atoms with E-state index in [1.807, 2.05) is 18.2 Å². The van der Waals surface area contributed by atoms with Gasteiger partial charge in [-0.15, -0.1) is 0 Å². The van der Waals surface area contributed by atoms with Crippen LogP contribution in [0.3, 0.4) is 0 Å². The Bertz CT molecular complexity index is 492. The van der Waals surface area contributed by atoms with Crippen LogP contribution in [0.2, 0.25) is 0 Å². The number of methoxy groups -OCH3 is 1. The maximum atomic E-state index is 5.18. The van der Waals surface area contributed by atoms with Gasteiger partial charge in [-0.1, -0.05) is 42.5 Å². The lowest BCUT2D eigenvalue weighted by Gasteiger charge is -2.21. The molecule has 0 amide bonds. The summed E-state index contributed by atoms with van der Waals surface area (Å²) in [6, 6.07) is 19.3. The SMILES string of the molecule is COc1ccc([C@H](C)N[C@@H](C)c2ccccc2)cc1. The number of rotatable bonds is 5. The molecule has 0 heterocycles.